The Morgan fingerprint density at radius 1 is 1.00 bits per heavy atom. The monoisotopic (exact) mass is 522 g/mol. The number of fused-ring (bicyclic) bond motifs is 2. The van der Waals surface area contributed by atoms with Crippen LogP contribution < -0.4 is 0 Å². The van der Waals surface area contributed by atoms with Gasteiger partial charge in [-0.1, -0.05) is 55.3 Å². The Morgan fingerprint density at radius 3 is 2.70 bits per heavy atom. The third-order valence-corrected chi connectivity index (χ3v) is 7.55. The molecule has 0 bridgehead atoms. The van der Waals surface area contributed by atoms with Crippen molar-refractivity contribution in [2.24, 2.45) is 0 Å². The normalized spacial score (nSPS) is 14.2. The van der Waals surface area contributed by atoms with Crippen LogP contribution in [0.15, 0.2) is 73.1 Å². The summed E-state index contributed by atoms with van der Waals surface area (Å²) in [4.78, 5) is 14.2. The number of benzene rings is 2. The van der Waals surface area contributed by atoms with Gasteiger partial charge < -0.3 is 4.57 Å². The molecular formula is C32H26N8. The smallest absolute Gasteiger partial charge is 0.205 e. The second-order valence-electron chi connectivity index (χ2n) is 9.99. The van der Waals surface area contributed by atoms with Crippen LogP contribution in [0.1, 0.15) is 53.2 Å². The molecular weight excluding hydrogens is 496 g/mol. The van der Waals surface area contributed by atoms with Crippen LogP contribution in [0.25, 0.3) is 33.7 Å². The lowest BCUT2D eigenvalue weighted by Gasteiger charge is -2.18. The van der Waals surface area contributed by atoms with Gasteiger partial charge in [-0.05, 0) is 76.9 Å². The van der Waals surface area contributed by atoms with Crippen molar-refractivity contribution < 1.29 is 0 Å². The molecule has 0 spiro atoms. The van der Waals surface area contributed by atoms with Gasteiger partial charge in [-0.15, -0.1) is 10.2 Å². The first-order chi connectivity index (χ1) is 19.7. The third kappa shape index (κ3) is 4.12. The molecule has 1 atom stereocenters. The van der Waals surface area contributed by atoms with E-state index < -0.39 is 0 Å². The number of aromatic amines is 1. The highest BCUT2D eigenvalue weighted by Gasteiger charge is 2.29. The van der Waals surface area contributed by atoms with Gasteiger partial charge in [-0.3, -0.25) is 4.98 Å². The summed E-state index contributed by atoms with van der Waals surface area (Å²) in [5.41, 5.74) is 10.4. The van der Waals surface area contributed by atoms with Crippen LogP contribution in [-0.4, -0.2) is 40.1 Å². The van der Waals surface area contributed by atoms with Crippen molar-refractivity contribution in [2.75, 3.05) is 0 Å². The first kappa shape index (κ1) is 23.9. The quantitative estimate of drug-likeness (QED) is 0.308. The fourth-order valence-corrected chi connectivity index (χ4v) is 5.71. The number of pyridine rings is 2. The first-order valence-electron chi connectivity index (χ1n) is 13.5. The van der Waals surface area contributed by atoms with Gasteiger partial charge in [0.2, 0.25) is 5.82 Å². The van der Waals surface area contributed by atoms with Gasteiger partial charge in [-0.25, -0.2) is 9.97 Å². The number of hydrogen-bond donors (Lipinski definition) is 1. The number of aryl methyl sites for hydroxylation is 3. The van der Waals surface area contributed by atoms with Gasteiger partial charge in [0, 0.05) is 29.9 Å². The zero-order chi connectivity index (χ0) is 27.1. The molecule has 1 aliphatic rings. The van der Waals surface area contributed by atoms with E-state index in [0.29, 0.717) is 5.82 Å². The number of tetrazole rings is 1. The van der Waals surface area contributed by atoms with E-state index in [1.807, 2.05) is 36.4 Å². The number of nitrogens with one attached hydrogen (secondary N) is 1. The van der Waals surface area contributed by atoms with Crippen LogP contribution in [0.4, 0.5) is 0 Å². The number of hydrogen-bond acceptors (Lipinski definition) is 6. The second kappa shape index (κ2) is 9.86. The van der Waals surface area contributed by atoms with Crippen molar-refractivity contribution in [3.63, 3.8) is 0 Å². The number of imidazole rings is 1. The van der Waals surface area contributed by atoms with E-state index in [0.717, 1.165) is 69.8 Å². The molecule has 1 N–H and O–H groups in total. The van der Waals surface area contributed by atoms with Crippen LogP contribution >= 0.6 is 0 Å². The predicted molar refractivity (Wildman–Crippen MR) is 153 cm³/mol. The van der Waals surface area contributed by atoms with Crippen molar-refractivity contribution in [1.82, 2.24) is 40.1 Å². The Morgan fingerprint density at radius 2 is 1.90 bits per heavy atom. The molecule has 4 aromatic heterocycles. The van der Waals surface area contributed by atoms with Crippen molar-refractivity contribution in [1.29, 1.82) is 0 Å². The summed E-state index contributed by atoms with van der Waals surface area (Å²) in [7, 11) is 0. The van der Waals surface area contributed by atoms with E-state index in [-0.39, 0.29) is 6.04 Å². The minimum absolute atomic E-state index is 0.171. The topological polar surface area (TPSA) is 98.1 Å². The maximum absolute atomic E-state index is 5.03. The van der Waals surface area contributed by atoms with E-state index in [2.05, 4.69) is 80.1 Å². The Kier molecular flexibility index (Phi) is 5.90. The number of nitrogens with zero attached hydrogens (tertiary/aromatic N) is 7. The van der Waals surface area contributed by atoms with E-state index in [4.69, 9.17) is 9.97 Å². The molecule has 2 aromatic carbocycles. The zero-order valence-electron chi connectivity index (χ0n) is 22.3. The van der Waals surface area contributed by atoms with Gasteiger partial charge in [0.25, 0.3) is 0 Å². The molecule has 194 valence electrons. The fraction of sp³-hybridized carbons (Fsp3) is 0.188. The Hall–Kier alpha value is -5.16. The lowest BCUT2D eigenvalue weighted by Crippen LogP contribution is -2.12. The molecule has 4 heterocycles. The highest BCUT2D eigenvalue weighted by Crippen LogP contribution is 2.40. The molecule has 0 aliphatic heterocycles. The van der Waals surface area contributed by atoms with Gasteiger partial charge >= 0.3 is 0 Å². The zero-order valence-corrected chi connectivity index (χ0v) is 22.3. The van der Waals surface area contributed by atoms with Crippen LogP contribution in [0.2, 0.25) is 0 Å². The molecule has 0 amide bonds. The summed E-state index contributed by atoms with van der Waals surface area (Å²) in [6.07, 6.45) is 6.33. The molecule has 8 nitrogen and oxygen atoms in total. The van der Waals surface area contributed by atoms with Crippen molar-refractivity contribution in [3.8, 4) is 34.4 Å². The Bertz CT molecular complexity index is 1910. The standard InChI is InChI=1S/C32H26N8/c1-3-29-35-30-20(2)17-24(13-10-21-7-6-16-33-19-21)34-32(30)40(29)28-15-12-23-18-22(11-14-26(23)28)25-8-4-5-9-27(25)31-36-38-39-37-31/h4-9,11,14,16-19,28H,3,12,15H2,1-2H3,(H,36,37,38,39). The van der Waals surface area contributed by atoms with E-state index in [9.17, 15) is 0 Å². The average Bonchev–Trinajstić information content (AvgIpc) is 3.75. The van der Waals surface area contributed by atoms with Crippen LogP contribution in [0.3, 0.4) is 0 Å². The van der Waals surface area contributed by atoms with Crippen molar-refractivity contribution in [3.05, 3.63) is 107 Å². The Balaban J connectivity index is 1.30. The SMILES string of the molecule is CCc1nc2c(C)cc(C#Cc3cccnc3)nc2n1C1CCc2cc(-c3ccccc3-c3nn[nH]n3)ccc21. The maximum atomic E-state index is 5.03. The first-order valence-corrected chi connectivity index (χ1v) is 13.5. The lowest BCUT2D eigenvalue weighted by atomic mass is 9.96. The molecule has 0 saturated carbocycles. The molecule has 6 aromatic rings. The number of aromatic nitrogens is 8. The highest BCUT2D eigenvalue weighted by molar-refractivity contribution is 5.81. The van der Waals surface area contributed by atoms with E-state index >= 15 is 0 Å². The predicted octanol–water partition coefficient (Wildman–Crippen LogP) is 5.48. The summed E-state index contributed by atoms with van der Waals surface area (Å²) in [5, 5.41) is 14.7. The molecule has 0 saturated heterocycles. The Labute approximate surface area is 231 Å². The van der Waals surface area contributed by atoms with Crippen LogP contribution in [0.5, 0.6) is 0 Å². The maximum Gasteiger partial charge on any atom is 0.205 e. The summed E-state index contributed by atoms with van der Waals surface area (Å²) in [6, 6.07) is 21.0. The summed E-state index contributed by atoms with van der Waals surface area (Å²) >= 11 is 0. The van der Waals surface area contributed by atoms with E-state index in [1.165, 1.54) is 11.1 Å². The number of rotatable bonds is 4. The molecule has 1 aliphatic carbocycles. The lowest BCUT2D eigenvalue weighted by molar-refractivity contribution is 0.566. The van der Waals surface area contributed by atoms with Crippen LogP contribution in [0, 0.1) is 18.8 Å². The number of H-pyrrole nitrogens is 1. The van der Waals surface area contributed by atoms with Gasteiger partial charge in [0.15, 0.2) is 5.65 Å². The second-order valence-corrected chi connectivity index (χ2v) is 9.99. The molecule has 8 heteroatoms. The van der Waals surface area contributed by atoms with Crippen molar-refractivity contribution >= 4 is 11.2 Å². The minimum atomic E-state index is 0.171. The van der Waals surface area contributed by atoms with Crippen molar-refractivity contribution in [2.45, 2.75) is 39.2 Å². The molecule has 40 heavy (non-hydrogen) atoms. The largest absolute Gasteiger partial charge is 0.305 e. The highest BCUT2D eigenvalue weighted by atomic mass is 15.5. The van der Waals surface area contributed by atoms with E-state index in [1.54, 1.807) is 12.4 Å². The minimum Gasteiger partial charge on any atom is -0.305 e. The summed E-state index contributed by atoms with van der Waals surface area (Å²) in [6.45, 7) is 4.25. The molecule has 1 unspecified atom stereocenters. The van der Waals surface area contributed by atoms with Gasteiger partial charge in [-0.2, -0.15) is 5.21 Å². The van der Waals surface area contributed by atoms with Crippen LogP contribution in [-0.2, 0) is 12.8 Å². The molecule has 7 rings (SSSR count). The molecule has 0 fully saturated rings. The van der Waals surface area contributed by atoms with Gasteiger partial charge in [0.05, 0.1) is 6.04 Å². The summed E-state index contributed by atoms with van der Waals surface area (Å²) in [5.74, 6) is 8.08. The average molecular weight is 523 g/mol. The summed E-state index contributed by atoms with van der Waals surface area (Å²) < 4.78 is 2.34. The van der Waals surface area contributed by atoms with Gasteiger partial charge in [0.1, 0.15) is 17.0 Å². The molecule has 0 radical (unpaired) electrons. The third-order valence-electron chi connectivity index (χ3n) is 7.55. The fourth-order valence-electron chi connectivity index (χ4n) is 5.71.